The first-order valence-corrected chi connectivity index (χ1v) is 7.48. The second-order valence-corrected chi connectivity index (χ2v) is 5.10. The van der Waals surface area contributed by atoms with E-state index in [2.05, 4.69) is 15.7 Å². The molecule has 0 bridgehead atoms. The van der Waals surface area contributed by atoms with Crippen LogP contribution in [0.1, 0.15) is 33.2 Å². The third-order valence-electron chi connectivity index (χ3n) is 3.21. The number of ether oxygens (including phenoxy) is 1. The van der Waals surface area contributed by atoms with Gasteiger partial charge in [0.2, 0.25) is 0 Å². The molecule has 1 heterocycles. The van der Waals surface area contributed by atoms with Crippen LogP contribution in [0.4, 0.5) is 10.6 Å². The summed E-state index contributed by atoms with van der Waals surface area (Å²) < 4.78 is 6.31. The van der Waals surface area contributed by atoms with Gasteiger partial charge in [0.1, 0.15) is 5.56 Å². The Hall–Kier alpha value is -3.36. The number of benzene rings is 1. The number of carboxylic acid groups (broad SMARTS) is 1. The summed E-state index contributed by atoms with van der Waals surface area (Å²) in [6.45, 7) is 2.09. The number of rotatable bonds is 6. The summed E-state index contributed by atoms with van der Waals surface area (Å²) in [5, 5.41) is 18.0. The first-order valence-electron chi connectivity index (χ1n) is 7.48. The van der Waals surface area contributed by atoms with Gasteiger partial charge >= 0.3 is 18.0 Å². The molecule has 0 fully saturated rings. The highest BCUT2D eigenvalue weighted by atomic mass is 16.5. The summed E-state index contributed by atoms with van der Waals surface area (Å²) in [6, 6.07) is 5.57. The molecule has 0 radical (unpaired) electrons. The number of carbonyl (C=O) groups is 3. The molecule has 132 valence electrons. The Morgan fingerprint density at radius 3 is 2.52 bits per heavy atom. The molecule has 0 atom stereocenters. The second-order valence-electron chi connectivity index (χ2n) is 5.10. The van der Waals surface area contributed by atoms with Crippen molar-refractivity contribution in [2.24, 2.45) is 7.05 Å². The third kappa shape index (κ3) is 4.80. The maximum Gasteiger partial charge on any atom is 0.343 e. The molecule has 0 spiro atoms. The largest absolute Gasteiger partial charge is 0.478 e. The molecule has 25 heavy (non-hydrogen) atoms. The Morgan fingerprint density at radius 2 is 1.92 bits per heavy atom. The van der Waals surface area contributed by atoms with Crippen molar-refractivity contribution in [1.29, 1.82) is 0 Å². The number of hydrogen-bond donors (Lipinski definition) is 3. The quantitative estimate of drug-likeness (QED) is 0.683. The van der Waals surface area contributed by atoms with Gasteiger partial charge in [-0.1, -0.05) is 12.1 Å². The van der Waals surface area contributed by atoms with Gasteiger partial charge in [0.05, 0.1) is 12.2 Å². The number of nitrogens with zero attached hydrogens (tertiary/aromatic N) is 2. The van der Waals surface area contributed by atoms with Gasteiger partial charge in [-0.15, -0.1) is 0 Å². The lowest BCUT2D eigenvalue weighted by Gasteiger charge is -2.07. The summed E-state index contributed by atoms with van der Waals surface area (Å²) in [6.07, 6.45) is 1.46. The molecule has 0 aliphatic heterocycles. The van der Waals surface area contributed by atoms with Gasteiger partial charge in [-0.25, -0.2) is 14.4 Å². The third-order valence-corrected chi connectivity index (χ3v) is 3.21. The van der Waals surface area contributed by atoms with Crippen LogP contribution in [-0.4, -0.2) is 39.5 Å². The van der Waals surface area contributed by atoms with E-state index in [-0.39, 0.29) is 30.1 Å². The van der Waals surface area contributed by atoms with Crippen LogP contribution in [0.25, 0.3) is 0 Å². The molecule has 1 aromatic heterocycles. The number of urea groups is 1. The Balaban J connectivity index is 1.96. The van der Waals surface area contributed by atoms with Crippen LogP contribution in [0, 0.1) is 0 Å². The van der Waals surface area contributed by atoms with Crippen LogP contribution >= 0.6 is 0 Å². The molecule has 0 aliphatic rings. The Kier molecular flexibility index (Phi) is 5.72. The molecule has 3 N–H and O–H groups in total. The van der Waals surface area contributed by atoms with E-state index >= 15 is 0 Å². The van der Waals surface area contributed by atoms with Gasteiger partial charge in [-0.3, -0.25) is 10.00 Å². The van der Waals surface area contributed by atoms with Crippen molar-refractivity contribution in [3.8, 4) is 0 Å². The Morgan fingerprint density at radius 1 is 1.24 bits per heavy atom. The predicted molar refractivity (Wildman–Crippen MR) is 88.4 cm³/mol. The van der Waals surface area contributed by atoms with Gasteiger partial charge in [-0.2, -0.15) is 5.10 Å². The van der Waals surface area contributed by atoms with Crippen LogP contribution in [0.5, 0.6) is 0 Å². The fourth-order valence-corrected chi connectivity index (χ4v) is 2.04. The standard InChI is InChI=1S/C16H18N4O5/c1-3-25-15(23)12-9-20(2)19-13(12)18-16(24)17-8-10-4-6-11(7-5-10)14(21)22/h4-7,9H,3,8H2,1-2H3,(H,21,22)(H2,17,18,19,24). The zero-order chi connectivity index (χ0) is 18.4. The van der Waals surface area contributed by atoms with E-state index in [1.807, 2.05) is 0 Å². The number of nitrogens with one attached hydrogen (secondary N) is 2. The van der Waals surface area contributed by atoms with Gasteiger partial charge in [-0.05, 0) is 24.6 Å². The van der Waals surface area contributed by atoms with Crippen molar-refractivity contribution < 1.29 is 24.2 Å². The fourth-order valence-electron chi connectivity index (χ4n) is 2.04. The molecule has 9 heteroatoms. The average molecular weight is 346 g/mol. The van der Waals surface area contributed by atoms with Crippen molar-refractivity contribution in [1.82, 2.24) is 15.1 Å². The zero-order valence-electron chi connectivity index (χ0n) is 13.8. The van der Waals surface area contributed by atoms with Crippen molar-refractivity contribution in [2.45, 2.75) is 13.5 Å². The predicted octanol–water partition coefficient (Wildman–Crippen LogP) is 1.62. The molecule has 0 unspecified atom stereocenters. The number of aromatic carboxylic acids is 1. The maximum atomic E-state index is 12.0. The number of aromatic nitrogens is 2. The first kappa shape index (κ1) is 18.0. The molecule has 0 aliphatic carbocycles. The molecular weight excluding hydrogens is 328 g/mol. The molecular formula is C16H18N4O5. The number of anilines is 1. The molecule has 9 nitrogen and oxygen atoms in total. The number of hydrogen-bond acceptors (Lipinski definition) is 5. The van der Waals surface area contributed by atoms with Crippen LogP contribution in [-0.2, 0) is 18.3 Å². The first-order chi connectivity index (χ1) is 11.9. The topological polar surface area (TPSA) is 123 Å². The van der Waals surface area contributed by atoms with Crippen molar-refractivity contribution in [3.05, 3.63) is 47.2 Å². The van der Waals surface area contributed by atoms with Crippen LogP contribution in [0.2, 0.25) is 0 Å². The lowest BCUT2D eigenvalue weighted by molar-refractivity contribution is 0.0527. The number of carbonyl (C=O) groups excluding carboxylic acids is 2. The lowest BCUT2D eigenvalue weighted by atomic mass is 10.1. The number of aryl methyl sites for hydroxylation is 1. The van der Waals surface area contributed by atoms with Gasteiger partial charge in [0.15, 0.2) is 5.82 Å². The number of esters is 1. The van der Waals surface area contributed by atoms with Crippen molar-refractivity contribution in [3.63, 3.8) is 0 Å². The molecule has 0 saturated heterocycles. The number of carboxylic acids is 1. The minimum absolute atomic E-state index is 0.0969. The van der Waals surface area contributed by atoms with Gasteiger partial charge < -0.3 is 15.2 Å². The number of amides is 2. The van der Waals surface area contributed by atoms with Crippen LogP contribution in [0.3, 0.4) is 0 Å². The zero-order valence-corrected chi connectivity index (χ0v) is 13.8. The molecule has 0 saturated carbocycles. The van der Waals surface area contributed by atoms with E-state index in [0.29, 0.717) is 0 Å². The smallest absolute Gasteiger partial charge is 0.343 e. The van der Waals surface area contributed by atoms with Crippen LogP contribution < -0.4 is 10.6 Å². The highest BCUT2D eigenvalue weighted by molar-refractivity contribution is 5.99. The second kappa shape index (κ2) is 7.95. The summed E-state index contributed by atoms with van der Waals surface area (Å²) >= 11 is 0. The van der Waals surface area contributed by atoms with E-state index in [9.17, 15) is 14.4 Å². The molecule has 2 amide bonds. The van der Waals surface area contributed by atoms with Gasteiger partial charge in [0, 0.05) is 19.8 Å². The minimum atomic E-state index is -1.01. The van der Waals surface area contributed by atoms with Crippen molar-refractivity contribution in [2.75, 3.05) is 11.9 Å². The summed E-state index contributed by atoms with van der Waals surface area (Å²) in [7, 11) is 1.62. The van der Waals surface area contributed by atoms with Crippen molar-refractivity contribution >= 4 is 23.8 Å². The lowest BCUT2D eigenvalue weighted by Crippen LogP contribution is -2.29. The van der Waals surface area contributed by atoms with E-state index < -0.39 is 18.0 Å². The van der Waals surface area contributed by atoms with Gasteiger partial charge in [0.25, 0.3) is 0 Å². The highest BCUT2D eigenvalue weighted by Gasteiger charge is 2.18. The Bertz CT molecular complexity index is 782. The minimum Gasteiger partial charge on any atom is -0.478 e. The van der Waals surface area contributed by atoms with E-state index in [1.165, 1.54) is 23.0 Å². The average Bonchev–Trinajstić information content (AvgIpc) is 2.94. The molecule has 2 rings (SSSR count). The molecule has 1 aromatic carbocycles. The van der Waals surface area contributed by atoms with E-state index in [4.69, 9.17) is 9.84 Å². The summed E-state index contributed by atoms with van der Waals surface area (Å²) in [4.78, 5) is 34.6. The normalized spacial score (nSPS) is 10.2. The highest BCUT2D eigenvalue weighted by Crippen LogP contribution is 2.14. The maximum absolute atomic E-state index is 12.0. The van der Waals surface area contributed by atoms with E-state index in [0.717, 1.165) is 5.56 Å². The SMILES string of the molecule is CCOC(=O)c1cn(C)nc1NC(=O)NCc1ccc(C(=O)O)cc1. The monoisotopic (exact) mass is 346 g/mol. The summed E-state index contributed by atoms with van der Waals surface area (Å²) in [5.74, 6) is -1.49. The Labute approximate surface area is 143 Å². The molecule has 2 aromatic rings. The van der Waals surface area contributed by atoms with E-state index in [1.54, 1.807) is 26.1 Å². The fraction of sp³-hybridized carbons (Fsp3) is 0.250. The van der Waals surface area contributed by atoms with Crippen LogP contribution in [0.15, 0.2) is 30.5 Å². The summed E-state index contributed by atoms with van der Waals surface area (Å²) in [5.41, 5.74) is 1.05.